The fourth-order valence-corrected chi connectivity index (χ4v) is 2.40. The van der Waals surface area contributed by atoms with Crippen molar-refractivity contribution in [1.29, 1.82) is 0 Å². The first kappa shape index (κ1) is 8.98. The van der Waals surface area contributed by atoms with Gasteiger partial charge in [-0.2, -0.15) is 0 Å². The summed E-state index contributed by atoms with van der Waals surface area (Å²) in [7, 11) is 0. The van der Waals surface area contributed by atoms with Crippen LogP contribution < -0.4 is 0 Å². The molecule has 1 aliphatic rings. The van der Waals surface area contributed by atoms with Gasteiger partial charge in [-0.15, -0.1) is 0 Å². The van der Waals surface area contributed by atoms with E-state index in [9.17, 15) is 0 Å². The number of para-hydroxylation sites is 1. The Balaban J connectivity index is 2.08. The zero-order valence-electron chi connectivity index (χ0n) is 9.25. The van der Waals surface area contributed by atoms with Gasteiger partial charge in [-0.3, -0.25) is 4.90 Å². The Labute approximate surface area is 89.9 Å². The summed E-state index contributed by atoms with van der Waals surface area (Å²) < 4.78 is 0. The molecule has 0 amide bonds. The van der Waals surface area contributed by atoms with Gasteiger partial charge in [-0.25, -0.2) is 0 Å². The van der Waals surface area contributed by atoms with Gasteiger partial charge in [0.05, 0.1) is 0 Å². The number of nitrogens with one attached hydrogen (secondary N) is 1. The molecular formula is C13H16N2. The molecule has 0 unspecified atom stereocenters. The van der Waals surface area contributed by atoms with Crippen LogP contribution in [0.2, 0.25) is 0 Å². The fraction of sp³-hybridized carbons (Fsp3) is 0.385. The molecule has 78 valence electrons. The van der Waals surface area contributed by atoms with E-state index < -0.39 is 0 Å². The van der Waals surface area contributed by atoms with E-state index in [4.69, 9.17) is 0 Å². The van der Waals surface area contributed by atoms with Gasteiger partial charge in [0.2, 0.25) is 0 Å². The molecule has 2 aromatic rings. The molecule has 1 aliphatic heterocycles. The van der Waals surface area contributed by atoms with E-state index in [1.807, 2.05) is 0 Å². The fourth-order valence-electron chi connectivity index (χ4n) is 2.40. The van der Waals surface area contributed by atoms with Gasteiger partial charge in [0.1, 0.15) is 0 Å². The molecule has 1 aromatic carbocycles. The Hall–Kier alpha value is -1.28. The lowest BCUT2D eigenvalue weighted by molar-refractivity contribution is 0.226. The number of aromatic nitrogens is 1. The van der Waals surface area contributed by atoms with Crippen LogP contribution >= 0.6 is 0 Å². The average Bonchev–Trinajstić information content (AvgIpc) is 2.73. The van der Waals surface area contributed by atoms with Crippen LogP contribution in [0.5, 0.6) is 0 Å². The summed E-state index contributed by atoms with van der Waals surface area (Å²) in [6, 6.07) is 9.22. The molecule has 0 saturated carbocycles. The van der Waals surface area contributed by atoms with Crippen molar-refractivity contribution in [3.05, 3.63) is 35.5 Å². The van der Waals surface area contributed by atoms with Crippen molar-refractivity contribution in [2.45, 2.75) is 33.0 Å². The smallest absolute Gasteiger partial charge is 0.0459 e. The Bertz CT molecular complexity index is 496. The minimum absolute atomic E-state index is 0.629. The van der Waals surface area contributed by atoms with Crippen LogP contribution in [-0.4, -0.2) is 15.9 Å². The largest absolute Gasteiger partial charge is 0.357 e. The van der Waals surface area contributed by atoms with Gasteiger partial charge < -0.3 is 4.98 Å². The maximum absolute atomic E-state index is 3.52. The molecule has 0 aliphatic carbocycles. The van der Waals surface area contributed by atoms with E-state index in [1.165, 1.54) is 22.2 Å². The molecule has 2 heterocycles. The first-order chi connectivity index (χ1) is 7.25. The Morgan fingerprint density at radius 1 is 1.20 bits per heavy atom. The Morgan fingerprint density at radius 3 is 2.80 bits per heavy atom. The standard InChI is InChI=1S/C13H16N2/c1-9(2)15-7-11-10-5-3-4-6-12(10)14-13(11)8-15/h3-6,9,14H,7-8H2,1-2H3. The summed E-state index contributed by atoms with van der Waals surface area (Å²) in [5, 5.41) is 1.40. The zero-order chi connectivity index (χ0) is 10.4. The first-order valence-electron chi connectivity index (χ1n) is 5.58. The van der Waals surface area contributed by atoms with Crippen LogP contribution in [-0.2, 0) is 13.1 Å². The zero-order valence-corrected chi connectivity index (χ0v) is 9.25. The van der Waals surface area contributed by atoms with Crippen LogP contribution in [0.15, 0.2) is 24.3 Å². The first-order valence-corrected chi connectivity index (χ1v) is 5.58. The number of H-pyrrole nitrogens is 1. The van der Waals surface area contributed by atoms with Crippen molar-refractivity contribution >= 4 is 10.9 Å². The maximum atomic E-state index is 3.52. The van der Waals surface area contributed by atoms with Gasteiger partial charge in [-0.05, 0) is 25.5 Å². The third-order valence-corrected chi connectivity index (χ3v) is 3.35. The van der Waals surface area contributed by atoms with Gasteiger partial charge >= 0.3 is 0 Å². The van der Waals surface area contributed by atoms with Crippen LogP contribution in [0, 0.1) is 0 Å². The van der Waals surface area contributed by atoms with Gasteiger partial charge in [0, 0.05) is 35.7 Å². The molecular weight excluding hydrogens is 184 g/mol. The lowest BCUT2D eigenvalue weighted by Gasteiger charge is -2.19. The van der Waals surface area contributed by atoms with E-state index in [2.05, 4.69) is 48.0 Å². The second kappa shape index (κ2) is 3.11. The number of hydrogen-bond donors (Lipinski definition) is 1. The van der Waals surface area contributed by atoms with E-state index in [1.54, 1.807) is 0 Å². The molecule has 0 atom stereocenters. The quantitative estimate of drug-likeness (QED) is 0.750. The van der Waals surface area contributed by atoms with Crippen LogP contribution in [0.1, 0.15) is 25.1 Å². The van der Waals surface area contributed by atoms with Crippen molar-refractivity contribution < 1.29 is 0 Å². The van der Waals surface area contributed by atoms with Gasteiger partial charge in [-0.1, -0.05) is 18.2 Å². The lowest BCUT2D eigenvalue weighted by Crippen LogP contribution is -2.24. The van der Waals surface area contributed by atoms with E-state index >= 15 is 0 Å². The highest BCUT2D eigenvalue weighted by atomic mass is 15.2. The molecule has 2 heteroatoms. The monoisotopic (exact) mass is 200 g/mol. The van der Waals surface area contributed by atoms with Gasteiger partial charge in [0.15, 0.2) is 0 Å². The summed E-state index contributed by atoms with van der Waals surface area (Å²) in [5.74, 6) is 0. The molecule has 2 nitrogen and oxygen atoms in total. The van der Waals surface area contributed by atoms with Crippen molar-refractivity contribution in [3.63, 3.8) is 0 Å². The molecule has 0 fully saturated rings. The lowest BCUT2D eigenvalue weighted by atomic mass is 10.1. The molecule has 0 radical (unpaired) electrons. The summed E-state index contributed by atoms with van der Waals surface area (Å²) in [6.45, 7) is 6.68. The molecule has 0 spiro atoms. The highest BCUT2D eigenvalue weighted by Crippen LogP contribution is 2.30. The van der Waals surface area contributed by atoms with Crippen LogP contribution in [0.3, 0.4) is 0 Å². The average molecular weight is 200 g/mol. The third-order valence-electron chi connectivity index (χ3n) is 3.35. The predicted molar refractivity (Wildman–Crippen MR) is 62.7 cm³/mol. The van der Waals surface area contributed by atoms with E-state index in [0.29, 0.717) is 6.04 Å². The van der Waals surface area contributed by atoms with Crippen molar-refractivity contribution in [3.8, 4) is 0 Å². The topological polar surface area (TPSA) is 19.0 Å². The van der Waals surface area contributed by atoms with Crippen molar-refractivity contribution in [1.82, 2.24) is 9.88 Å². The molecule has 0 bridgehead atoms. The SMILES string of the molecule is CC(C)N1Cc2[nH]c3ccccc3c2C1. The normalized spacial score (nSPS) is 16.5. The van der Waals surface area contributed by atoms with Crippen LogP contribution in [0.4, 0.5) is 0 Å². The summed E-state index contributed by atoms with van der Waals surface area (Å²) >= 11 is 0. The van der Waals surface area contributed by atoms with Gasteiger partial charge in [0.25, 0.3) is 0 Å². The number of fused-ring (bicyclic) bond motifs is 3. The number of aromatic amines is 1. The van der Waals surface area contributed by atoms with Crippen molar-refractivity contribution in [2.75, 3.05) is 0 Å². The Kier molecular flexibility index (Phi) is 1.86. The summed E-state index contributed by atoms with van der Waals surface area (Å²) in [5.41, 5.74) is 4.19. The maximum Gasteiger partial charge on any atom is 0.0459 e. The number of benzene rings is 1. The number of nitrogens with zero attached hydrogens (tertiary/aromatic N) is 1. The molecule has 15 heavy (non-hydrogen) atoms. The number of rotatable bonds is 1. The Morgan fingerprint density at radius 2 is 2.00 bits per heavy atom. The number of hydrogen-bond acceptors (Lipinski definition) is 1. The summed E-state index contributed by atoms with van der Waals surface area (Å²) in [4.78, 5) is 6.01. The van der Waals surface area contributed by atoms with E-state index in [0.717, 1.165) is 13.1 Å². The highest BCUT2D eigenvalue weighted by Gasteiger charge is 2.24. The van der Waals surface area contributed by atoms with Crippen molar-refractivity contribution in [2.24, 2.45) is 0 Å². The minimum Gasteiger partial charge on any atom is -0.357 e. The minimum atomic E-state index is 0.629. The highest BCUT2D eigenvalue weighted by molar-refractivity contribution is 5.85. The van der Waals surface area contributed by atoms with Crippen LogP contribution in [0.25, 0.3) is 10.9 Å². The molecule has 1 N–H and O–H groups in total. The predicted octanol–water partition coefficient (Wildman–Crippen LogP) is 2.89. The summed E-state index contributed by atoms with van der Waals surface area (Å²) in [6.07, 6.45) is 0. The molecule has 1 aromatic heterocycles. The second-order valence-corrected chi connectivity index (χ2v) is 4.63. The molecule has 0 saturated heterocycles. The third kappa shape index (κ3) is 1.29. The molecule has 3 rings (SSSR count). The van der Waals surface area contributed by atoms with E-state index in [-0.39, 0.29) is 0 Å². The second-order valence-electron chi connectivity index (χ2n) is 4.63.